The Morgan fingerprint density at radius 2 is 1.28 bits per heavy atom. The van der Waals surface area contributed by atoms with Crippen molar-refractivity contribution in [1.82, 2.24) is 39.0 Å². The lowest BCUT2D eigenvalue weighted by atomic mass is 10.2. The lowest BCUT2D eigenvalue weighted by Gasteiger charge is -2.08. The summed E-state index contributed by atoms with van der Waals surface area (Å²) < 4.78 is 29.4. The number of imidazole rings is 2. The zero-order valence-corrected chi connectivity index (χ0v) is 42.5. The lowest BCUT2D eigenvalue weighted by molar-refractivity contribution is 0.244. The number of hydrogen-bond donors (Lipinski definition) is 6. The van der Waals surface area contributed by atoms with Crippen molar-refractivity contribution in [3.63, 3.8) is 0 Å². The number of aliphatic hydroxyl groups excluding tert-OH is 1. The van der Waals surface area contributed by atoms with E-state index < -0.39 is 0 Å². The molecule has 17 nitrogen and oxygen atoms in total. The molecule has 0 aliphatic heterocycles. The van der Waals surface area contributed by atoms with E-state index in [0.717, 1.165) is 38.2 Å². The van der Waals surface area contributed by atoms with E-state index in [4.69, 9.17) is 57.0 Å². The van der Waals surface area contributed by atoms with E-state index in [1.54, 1.807) is 25.3 Å². The van der Waals surface area contributed by atoms with Crippen LogP contribution in [0.15, 0.2) is 58.1 Å². The molecule has 0 unspecified atom stereocenters. The lowest BCUT2D eigenvalue weighted by Crippen LogP contribution is -2.17. The minimum absolute atomic E-state index is 0. The average molecular weight is 1210 g/mol. The minimum atomic E-state index is -0.351. The molecule has 4 heterocycles. The molecule has 0 radical (unpaired) electrons. The van der Waals surface area contributed by atoms with Crippen LogP contribution in [0.3, 0.4) is 0 Å². The van der Waals surface area contributed by atoms with Crippen LogP contribution in [0.1, 0.15) is 41.2 Å². The molecule has 2 aromatic carbocycles. The molecule has 6 rings (SSSR count). The van der Waals surface area contributed by atoms with Gasteiger partial charge < -0.3 is 45.9 Å². The van der Waals surface area contributed by atoms with Crippen LogP contribution in [0.25, 0.3) is 22.3 Å². The number of nitrogen functional groups attached to an aromatic ring is 2. The highest BCUT2D eigenvalue weighted by Gasteiger charge is 2.17. The van der Waals surface area contributed by atoms with Gasteiger partial charge in [0, 0.05) is 47.6 Å². The minimum Gasteiger partial charge on any atom is -0.508 e. The average Bonchev–Trinajstić information content (AvgIpc) is 3.74. The summed E-state index contributed by atoms with van der Waals surface area (Å²) in [4.78, 5) is 46.7. The first-order valence-corrected chi connectivity index (χ1v) is 25.2. The molecule has 0 fully saturated rings. The number of fused-ring (bicyclic) bond motifs is 2. The van der Waals surface area contributed by atoms with Gasteiger partial charge in [0.05, 0.1) is 38.8 Å². The van der Waals surface area contributed by atoms with Gasteiger partial charge in [-0.05, 0) is 61.1 Å². The van der Waals surface area contributed by atoms with Gasteiger partial charge in [0.1, 0.15) is 22.5 Å². The first-order chi connectivity index (χ1) is 30.3. The number of H-pyrrole nitrogens is 2. The molecule has 61 heavy (non-hydrogen) atoms. The predicted octanol–water partition coefficient (Wildman–Crippen LogP) is 6.98. The summed E-state index contributed by atoms with van der Waals surface area (Å²) in [6, 6.07) is 14.4. The molecule has 8 N–H and O–H groups in total. The zero-order valence-electron chi connectivity index (χ0n) is 34.2. The van der Waals surface area contributed by atoms with Crippen LogP contribution in [0, 0.1) is 0 Å². The number of ether oxygens (including phenoxy) is 3. The number of rotatable bonds is 15. The van der Waals surface area contributed by atoms with Crippen LogP contribution in [-0.4, -0.2) is 90.0 Å². The van der Waals surface area contributed by atoms with E-state index in [0.29, 0.717) is 60.7 Å². The van der Waals surface area contributed by atoms with E-state index >= 15 is 0 Å². The first kappa shape index (κ1) is 52.5. The standard InChI is InChI=1S/C17H21N5O4.C16H18BrN5O3.CH2Cl2.BBr3.S3.2H2/c1-25-12-6-4-5-11(9-12)10-22-15-13(19-17(22)24)14(18)20-16(21-15)26-8-3-2-7-23;17-6-1-2-7-25-15-20-13(18)12-14(21-15)22(16(24)19-12)9-10-4-3-5-11(23)8-10;2-1-3;2-1(3)4;1-3-2;;/h4-6,9,23H,2-3,7-8,10H2,1H3,(H,19,24)(H2,18,20,21);3-5,8,23H,1-2,6-7,9H2,(H,19,24)(H2,18,20,21);1H2;;;2*1H/i;;;;;1+2T;1+2. The fourth-order valence-corrected chi connectivity index (χ4v) is 5.41. The Labute approximate surface area is 411 Å². The Bertz CT molecular complexity index is 2430. The van der Waals surface area contributed by atoms with Crippen LogP contribution in [0.5, 0.6) is 23.5 Å². The SMILES string of the molecule is BrB(Br)Br.COc1cccc(Cn2c(=O)[nH]c3c(N)nc(OCCCCO)nc32)c1.ClCCl.Nc1nc(OCCCCBr)nc2c1[nH]c(=O)n2Cc1cccc(O)c1.S=S=S.[3HH].[3H][3H]. The van der Waals surface area contributed by atoms with Crippen molar-refractivity contribution < 1.29 is 28.8 Å². The normalized spacial score (nSPS) is 10.3. The number of aliphatic hydroxyl groups is 1. The van der Waals surface area contributed by atoms with Gasteiger partial charge in [0.25, 0.3) is 0 Å². The van der Waals surface area contributed by atoms with E-state index in [1.807, 2.05) is 30.3 Å². The maximum atomic E-state index is 12.3. The predicted molar refractivity (Wildman–Crippen MR) is 270 cm³/mol. The number of aromatic hydroxyl groups is 1. The number of phenols is 1. The van der Waals surface area contributed by atoms with Gasteiger partial charge in [-0.25, -0.2) is 9.59 Å². The van der Waals surface area contributed by atoms with Crippen molar-refractivity contribution in [3.8, 4) is 23.5 Å². The summed E-state index contributed by atoms with van der Waals surface area (Å²) in [6.07, 6.45) is 3.13. The third-order valence-electron chi connectivity index (χ3n) is 7.53. The summed E-state index contributed by atoms with van der Waals surface area (Å²) in [6.45, 7) is 1.47. The highest BCUT2D eigenvalue weighted by atomic mass is 79.9. The van der Waals surface area contributed by atoms with Crippen LogP contribution in [0.2, 0.25) is 0 Å². The maximum Gasteiger partial charge on any atom is 0.369 e. The van der Waals surface area contributed by atoms with E-state index in [2.05, 4.69) is 115 Å². The summed E-state index contributed by atoms with van der Waals surface area (Å²) in [5, 5.41) is 19.5. The van der Waals surface area contributed by atoms with Crippen molar-refractivity contribution in [1.29, 1.82) is 0 Å². The monoisotopic (exact) mass is 1200 g/mol. The molecule has 0 saturated heterocycles. The van der Waals surface area contributed by atoms with Gasteiger partial charge in [0.2, 0.25) is 0 Å². The fourth-order valence-electron chi connectivity index (χ4n) is 5.01. The van der Waals surface area contributed by atoms with E-state index in [9.17, 15) is 14.7 Å². The van der Waals surface area contributed by atoms with Crippen LogP contribution < -0.4 is 37.1 Å². The van der Waals surface area contributed by atoms with Crippen molar-refractivity contribution in [2.75, 3.05) is 49.1 Å². The van der Waals surface area contributed by atoms with Crippen LogP contribution in [-0.2, 0) is 44.3 Å². The van der Waals surface area contributed by atoms with Gasteiger partial charge in [0.15, 0.2) is 22.9 Å². The molecule has 6 aromatic rings. The number of methoxy groups -OCH3 is 1. The molecule has 0 amide bonds. The molecular weight excluding hydrogens is 1160 g/mol. The Balaban J connectivity index is 0.000000983. The van der Waals surface area contributed by atoms with Crippen molar-refractivity contribution >= 4 is 155 Å². The molecule has 0 spiro atoms. The second-order valence-corrected chi connectivity index (χ2v) is 21.5. The van der Waals surface area contributed by atoms with Crippen molar-refractivity contribution in [2.24, 2.45) is 0 Å². The van der Waals surface area contributed by atoms with Crippen molar-refractivity contribution in [3.05, 3.63) is 80.6 Å². The third-order valence-corrected chi connectivity index (χ3v) is 8.09. The van der Waals surface area contributed by atoms with Crippen LogP contribution >= 0.6 is 86.4 Å². The van der Waals surface area contributed by atoms with Gasteiger partial charge in [-0.3, -0.25) is 9.13 Å². The fraction of sp³-hybridized carbons (Fsp3) is 0.353. The number of nitrogens with zero attached hydrogens (tertiary/aromatic N) is 6. The summed E-state index contributed by atoms with van der Waals surface area (Å²) >= 11 is 30.5. The van der Waals surface area contributed by atoms with Gasteiger partial charge in [-0.2, -0.15) is 19.9 Å². The summed E-state index contributed by atoms with van der Waals surface area (Å²) in [5.74, 6) is 1.15. The number of nitrogens with one attached hydrogen (secondary N) is 2. The molecule has 0 bridgehead atoms. The molecular formula is C34H45BBr4Cl2N10O7S3. The van der Waals surface area contributed by atoms with Gasteiger partial charge in [-0.1, -0.05) is 40.2 Å². The van der Waals surface area contributed by atoms with Crippen molar-refractivity contribution in [2.45, 2.75) is 38.8 Å². The molecule has 0 aliphatic rings. The van der Waals surface area contributed by atoms with Gasteiger partial charge >= 0.3 is 26.6 Å². The van der Waals surface area contributed by atoms with E-state index in [-0.39, 0.29) is 63.9 Å². The van der Waals surface area contributed by atoms with Crippen LogP contribution in [0.4, 0.5) is 11.6 Å². The highest BCUT2D eigenvalue weighted by molar-refractivity contribution is 9.69. The number of aromatic nitrogens is 8. The largest absolute Gasteiger partial charge is 0.508 e. The van der Waals surface area contributed by atoms with E-state index in [1.165, 1.54) is 9.13 Å². The highest BCUT2D eigenvalue weighted by Crippen LogP contribution is 2.21. The quantitative estimate of drug-likeness (QED) is 0.0345. The molecule has 336 valence electrons. The number of nitrogens with two attached hydrogens (primary N) is 2. The number of halogens is 6. The number of aromatic amines is 2. The maximum absolute atomic E-state index is 12.3. The summed E-state index contributed by atoms with van der Waals surface area (Å²) in [7, 11) is 2.51. The summed E-state index contributed by atoms with van der Waals surface area (Å²) in [5.41, 5.74) is 14.3. The first-order valence-electron chi connectivity index (χ1n) is 18.6. The Hall–Kier alpha value is -2.88. The number of unbranched alkanes of at least 4 members (excludes halogenated alkanes) is 2. The Morgan fingerprint density at radius 1 is 0.836 bits per heavy atom. The Kier molecular flexibility index (Phi) is 26.0. The molecule has 4 aromatic heterocycles. The number of hydrogen-bond acceptors (Lipinski definition) is 15. The van der Waals surface area contributed by atoms with Gasteiger partial charge in [-0.15, -0.1) is 70.5 Å². The second-order valence-electron chi connectivity index (χ2n) is 11.7. The molecule has 27 heteroatoms. The number of phenolic OH excluding ortho intramolecular Hbond substituents is 1. The number of benzene rings is 2. The topological polar surface area (TPSA) is 247 Å². The molecule has 0 saturated carbocycles. The second kappa shape index (κ2) is 30.3. The zero-order chi connectivity index (χ0) is 47.3. The number of alkyl halides is 3. The molecule has 0 aliphatic carbocycles. The molecule has 0 atom stereocenters. The smallest absolute Gasteiger partial charge is 0.369 e. The third kappa shape index (κ3) is 19.2. The number of anilines is 2. The Morgan fingerprint density at radius 3 is 1.70 bits per heavy atom.